The summed E-state index contributed by atoms with van der Waals surface area (Å²) in [6, 6.07) is 5.30. The van der Waals surface area contributed by atoms with Crippen LogP contribution in [0.2, 0.25) is 0 Å². The molecule has 84 valence electrons. The summed E-state index contributed by atoms with van der Waals surface area (Å²) in [4.78, 5) is 23.8. The van der Waals surface area contributed by atoms with Crippen molar-refractivity contribution < 1.29 is 18.0 Å². The highest BCUT2D eigenvalue weighted by molar-refractivity contribution is 7.90. The first-order valence-electron chi connectivity index (χ1n) is 4.17. The Morgan fingerprint density at radius 3 is 2.69 bits per heavy atom. The highest BCUT2D eigenvalue weighted by atomic mass is 32.2. The number of hydrogen-bond donors (Lipinski definition) is 1. The molecule has 0 radical (unpaired) electrons. The number of benzene rings is 1. The van der Waals surface area contributed by atoms with E-state index in [1.54, 1.807) is 4.72 Å². The molecule has 1 amide bonds. The molecule has 0 aliphatic carbocycles. The fourth-order valence-electron chi connectivity index (χ4n) is 1.02. The number of nitrogens with zero attached hydrogens (tertiary/aromatic N) is 1. The minimum Gasteiger partial charge on any atom is -0.274 e. The molecule has 1 aromatic carbocycles. The minimum absolute atomic E-state index is 0.140. The van der Waals surface area contributed by atoms with Crippen molar-refractivity contribution >= 4 is 27.7 Å². The molecule has 16 heavy (non-hydrogen) atoms. The van der Waals surface area contributed by atoms with E-state index in [9.17, 15) is 18.0 Å². The number of carbonyl (C=O) groups is 1. The van der Waals surface area contributed by atoms with E-state index < -0.39 is 15.9 Å². The molecule has 0 aliphatic heterocycles. The van der Waals surface area contributed by atoms with Crippen molar-refractivity contribution in [2.45, 2.75) is 11.8 Å². The van der Waals surface area contributed by atoms with Gasteiger partial charge in [0.1, 0.15) is 0 Å². The van der Waals surface area contributed by atoms with E-state index >= 15 is 0 Å². The highest BCUT2D eigenvalue weighted by Gasteiger charge is 2.15. The van der Waals surface area contributed by atoms with Crippen molar-refractivity contribution in [3.63, 3.8) is 0 Å². The van der Waals surface area contributed by atoms with Gasteiger partial charge >= 0.3 is 0 Å². The van der Waals surface area contributed by atoms with E-state index in [1.807, 2.05) is 0 Å². The quantitative estimate of drug-likeness (QED) is 0.614. The van der Waals surface area contributed by atoms with E-state index in [0.29, 0.717) is 0 Å². The third-order valence-corrected chi connectivity index (χ3v) is 3.01. The summed E-state index contributed by atoms with van der Waals surface area (Å²) >= 11 is 0. The number of sulfonamides is 1. The molecule has 1 N–H and O–H groups in total. The summed E-state index contributed by atoms with van der Waals surface area (Å²) in [7, 11) is -3.89. The zero-order valence-corrected chi connectivity index (χ0v) is 9.11. The van der Waals surface area contributed by atoms with Crippen LogP contribution in [0.25, 0.3) is 0 Å². The average molecular weight is 240 g/mol. The van der Waals surface area contributed by atoms with Gasteiger partial charge in [0.25, 0.3) is 10.0 Å². The number of amides is 1. The number of aliphatic imine (C=N–C) groups is 1. The molecule has 0 saturated carbocycles. The van der Waals surface area contributed by atoms with Gasteiger partial charge in [0.2, 0.25) is 12.0 Å². The molecule has 0 atom stereocenters. The van der Waals surface area contributed by atoms with Gasteiger partial charge < -0.3 is 0 Å². The van der Waals surface area contributed by atoms with Crippen LogP contribution in [-0.2, 0) is 19.6 Å². The van der Waals surface area contributed by atoms with Crippen molar-refractivity contribution in [2.24, 2.45) is 4.99 Å². The van der Waals surface area contributed by atoms with Gasteiger partial charge in [-0.2, -0.15) is 4.99 Å². The molecular formula is C9H8N2O4S. The monoisotopic (exact) mass is 240 g/mol. The topological polar surface area (TPSA) is 92.7 Å². The Balaban J connectivity index is 3.18. The van der Waals surface area contributed by atoms with Gasteiger partial charge in [0.15, 0.2) is 0 Å². The molecule has 0 aliphatic rings. The summed E-state index contributed by atoms with van der Waals surface area (Å²) in [5, 5.41) is 0. The maximum Gasteiger partial charge on any atom is 0.264 e. The normalized spacial score (nSPS) is 10.3. The summed E-state index contributed by atoms with van der Waals surface area (Å²) in [5.74, 6) is -0.690. The molecule has 6 nitrogen and oxygen atoms in total. The fourth-order valence-corrected chi connectivity index (χ4v) is 2.05. The summed E-state index contributed by atoms with van der Waals surface area (Å²) in [5.41, 5.74) is 0.154. The molecule has 0 heterocycles. The minimum atomic E-state index is -3.89. The summed E-state index contributed by atoms with van der Waals surface area (Å²) in [6.45, 7) is 1.09. The first kappa shape index (κ1) is 12.1. The van der Waals surface area contributed by atoms with Gasteiger partial charge in [-0.15, -0.1) is 0 Å². The maximum absolute atomic E-state index is 11.5. The molecular weight excluding hydrogens is 232 g/mol. The van der Waals surface area contributed by atoms with Crippen LogP contribution < -0.4 is 4.72 Å². The molecule has 0 spiro atoms. The predicted octanol–water partition coefficient (Wildman–Crippen LogP) is 0.479. The average Bonchev–Trinajstić information content (AvgIpc) is 2.16. The van der Waals surface area contributed by atoms with Crippen LogP contribution in [0.1, 0.15) is 6.92 Å². The van der Waals surface area contributed by atoms with Crippen molar-refractivity contribution in [3.05, 3.63) is 24.3 Å². The second-order valence-electron chi connectivity index (χ2n) is 2.86. The zero-order chi connectivity index (χ0) is 12.2. The van der Waals surface area contributed by atoms with Crippen molar-refractivity contribution in [1.82, 2.24) is 4.72 Å². The largest absolute Gasteiger partial charge is 0.274 e. The lowest BCUT2D eigenvalue weighted by molar-refractivity contribution is -0.117. The summed E-state index contributed by atoms with van der Waals surface area (Å²) in [6.07, 6.45) is 1.30. The molecule has 0 fully saturated rings. The van der Waals surface area contributed by atoms with Gasteiger partial charge in [-0.05, 0) is 18.2 Å². The second kappa shape index (κ2) is 4.69. The van der Waals surface area contributed by atoms with Crippen LogP contribution in [0.5, 0.6) is 0 Å². The number of hydrogen-bond acceptors (Lipinski definition) is 5. The third kappa shape index (κ3) is 3.01. The van der Waals surface area contributed by atoms with Crippen LogP contribution in [0, 0.1) is 0 Å². The lowest BCUT2D eigenvalue weighted by Gasteiger charge is -2.04. The van der Waals surface area contributed by atoms with Crippen LogP contribution >= 0.6 is 0 Å². The Bertz CT molecular complexity index is 559. The molecule has 0 unspecified atom stereocenters. The van der Waals surface area contributed by atoms with Crippen LogP contribution in [0.4, 0.5) is 5.69 Å². The molecule has 0 aromatic heterocycles. The molecule has 7 heteroatoms. The number of rotatable bonds is 3. The van der Waals surface area contributed by atoms with Crippen molar-refractivity contribution in [3.8, 4) is 0 Å². The Hall–Kier alpha value is -1.98. The first-order valence-corrected chi connectivity index (χ1v) is 5.65. The van der Waals surface area contributed by atoms with Crippen LogP contribution in [0.15, 0.2) is 34.2 Å². The summed E-state index contributed by atoms with van der Waals surface area (Å²) < 4.78 is 24.9. The van der Waals surface area contributed by atoms with Crippen molar-refractivity contribution in [2.75, 3.05) is 0 Å². The smallest absolute Gasteiger partial charge is 0.264 e. The molecule has 1 rings (SSSR count). The van der Waals surface area contributed by atoms with Gasteiger partial charge in [-0.3, -0.25) is 4.79 Å². The fraction of sp³-hybridized carbons (Fsp3) is 0.111. The number of nitrogens with one attached hydrogen (secondary N) is 1. The Morgan fingerprint density at radius 2 is 2.12 bits per heavy atom. The number of isocyanates is 1. The van der Waals surface area contributed by atoms with Crippen LogP contribution in [0.3, 0.4) is 0 Å². The first-order chi connectivity index (χ1) is 7.45. The van der Waals surface area contributed by atoms with Gasteiger partial charge in [0.05, 0.1) is 10.6 Å². The number of carbonyl (C=O) groups excluding carboxylic acids is 2. The Labute approximate surface area is 92.1 Å². The Morgan fingerprint density at radius 1 is 1.44 bits per heavy atom. The van der Waals surface area contributed by atoms with E-state index in [2.05, 4.69) is 4.99 Å². The van der Waals surface area contributed by atoms with E-state index in [1.165, 1.54) is 24.3 Å². The molecule has 0 bridgehead atoms. The lowest BCUT2D eigenvalue weighted by Crippen LogP contribution is -2.28. The van der Waals surface area contributed by atoms with Gasteiger partial charge in [-0.25, -0.2) is 17.9 Å². The van der Waals surface area contributed by atoms with Crippen molar-refractivity contribution in [1.29, 1.82) is 0 Å². The Kier molecular flexibility index (Phi) is 3.55. The standard InChI is InChI=1S/C9H8N2O4S/c1-7(13)11-16(14,15)9-4-2-3-8(5-9)10-6-12/h2-5H,1H3,(H,11,13). The lowest BCUT2D eigenvalue weighted by atomic mass is 10.3. The molecule has 1 aromatic rings. The maximum atomic E-state index is 11.5. The zero-order valence-electron chi connectivity index (χ0n) is 8.30. The van der Waals surface area contributed by atoms with E-state index in [-0.39, 0.29) is 10.6 Å². The van der Waals surface area contributed by atoms with Gasteiger partial charge in [0, 0.05) is 6.92 Å². The second-order valence-corrected chi connectivity index (χ2v) is 4.54. The highest BCUT2D eigenvalue weighted by Crippen LogP contribution is 2.17. The van der Waals surface area contributed by atoms with Gasteiger partial charge in [-0.1, -0.05) is 6.07 Å². The SMILES string of the molecule is CC(=O)NS(=O)(=O)c1cccc(N=C=O)c1. The molecule has 0 saturated heterocycles. The van der Waals surface area contributed by atoms with Crippen LogP contribution in [-0.4, -0.2) is 20.4 Å². The predicted molar refractivity (Wildman–Crippen MR) is 55.2 cm³/mol. The van der Waals surface area contributed by atoms with E-state index in [0.717, 1.165) is 13.0 Å². The van der Waals surface area contributed by atoms with E-state index in [4.69, 9.17) is 0 Å². The third-order valence-electron chi connectivity index (χ3n) is 1.58.